The van der Waals surface area contributed by atoms with Crippen LogP contribution in [0.1, 0.15) is 47.1 Å². The Kier molecular flexibility index (Phi) is 4.72. The molecule has 0 saturated carbocycles. The zero-order valence-corrected chi connectivity index (χ0v) is 14.8. The number of aromatic carboxylic acids is 2. The molecule has 0 amide bonds. The fourth-order valence-corrected chi connectivity index (χ4v) is 3.61. The maximum atomic E-state index is 12.7. The van der Waals surface area contributed by atoms with Crippen LogP contribution < -0.4 is 0 Å². The van der Waals surface area contributed by atoms with Crippen molar-refractivity contribution < 1.29 is 28.2 Å². The molecule has 0 aliphatic carbocycles. The Hall–Kier alpha value is -2.67. The molecular formula is C18H18O6S. The molecule has 132 valence electrons. The molecule has 2 aromatic carbocycles. The standard InChI is InChI=1S/C18H18O6S/c1-18(2,3)11-4-6-12(7-5-11)25(23,24)13-8-9-14(16(19)20)15(10-13)17(21)22/h4-10H,1-3H3,(H,19,20)(H,21,22). The van der Waals surface area contributed by atoms with Gasteiger partial charge in [-0.3, -0.25) is 0 Å². The molecule has 0 bridgehead atoms. The summed E-state index contributed by atoms with van der Waals surface area (Å²) in [6, 6.07) is 9.29. The maximum absolute atomic E-state index is 12.7. The molecule has 6 nitrogen and oxygen atoms in total. The van der Waals surface area contributed by atoms with Gasteiger partial charge in [0.2, 0.25) is 9.84 Å². The van der Waals surface area contributed by atoms with Crippen LogP contribution in [0.3, 0.4) is 0 Å². The average molecular weight is 362 g/mol. The molecule has 2 rings (SSSR count). The third kappa shape index (κ3) is 3.71. The first-order valence-corrected chi connectivity index (χ1v) is 8.89. The van der Waals surface area contributed by atoms with E-state index in [-0.39, 0.29) is 15.2 Å². The molecule has 0 aromatic heterocycles. The minimum Gasteiger partial charge on any atom is -0.478 e. The summed E-state index contributed by atoms with van der Waals surface area (Å²) in [6.45, 7) is 6.00. The summed E-state index contributed by atoms with van der Waals surface area (Å²) in [6.07, 6.45) is 0. The molecule has 2 aromatic rings. The van der Waals surface area contributed by atoms with Gasteiger partial charge >= 0.3 is 11.9 Å². The van der Waals surface area contributed by atoms with E-state index >= 15 is 0 Å². The van der Waals surface area contributed by atoms with Gasteiger partial charge < -0.3 is 10.2 Å². The van der Waals surface area contributed by atoms with Crippen molar-refractivity contribution in [3.63, 3.8) is 0 Å². The highest BCUT2D eigenvalue weighted by atomic mass is 32.2. The summed E-state index contributed by atoms with van der Waals surface area (Å²) in [5, 5.41) is 18.2. The predicted molar refractivity (Wildman–Crippen MR) is 91.0 cm³/mol. The molecule has 0 unspecified atom stereocenters. The van der Waals surface area contributed by atoms with E-state index in [4.69, 9.17) is 10.2 Å². The second-order valence-electron chi connectivity index (χ2n) is 6.60. The van der Waals surface area contributed by atoms with Crippen molar-refractivity contribution >= 4 is 21.8 Å². The van der Waals surface area contributed by atoms with E-state index in [1.165, 1.54) is 12.1 Å². The van der Waals surface area contributed by atoms with Gasteiger partial charge in [-0.15, -0.1) is 0 Å². The lowest BCUT2D eigenvalue weighted by Crippen LogP contribution is -2.12. The highest BCUT2D eigenvalue weighted by Gasteiger charge is 2.24. The van der Waals surface area contributed by atoms with E-state index in [2.05, 4.69) is 0 Å². The lowest BCUT2D eigenvalue weighted by atomic mass is 9.87. The van der Waals surface area contributed by atoms with Crippen LogP contribution in [0, 0.1) is 0 Å². The average Bonchev–Trinajstić information content (AvgIpc) is 2.53. The number of carbonyl (C=O) groups is 2. The highest BCUT2D eigenvalue weighted by molar-refractivity contribution is 7.91. The Morgan fingerprint density at radius 3 is 1.72 bits per heavy atom. The molecule has 0 aliphatic rings. The topological polar surface area (TPSA) is 109 Å². The molecular weight excluding hydrogens is 344 g/mol. The van der Waals surface area contributed by atoms with E-state index in [0.29, 0.717) is 0 Å². The van der Waals surface area contributed by atoms with Gasteiger partial charge in [0.15, 0.2) is 0 Å². The summed E-state index contributed by atoms with van der Waals surface area (Å²) in [4.78, 5) is 22.1. The lowest BCUT2D eigenvalue weighted by molar-refractivity contribution is 0.0651. The minimum absolute atomic E-state index is 0.0138. The van der Waals surface area contributed by atoms with Gasteiger partial charge in [0.25, 0.3) is 0 Å². The van der Waals surface area contributed by atoms with Crippen LogP contribution in [0.5, 0.6) is 0 Å². The number of rotatable bonds is 4. The number of hydrogen-bond acceptors (Lipinski definition) is 4. The number of sulfone groups is 1. The first kappa shape index (κ1) is 18.7. The fraction of sp³-hybridized carbons (Fsp3) is 0.222. The highest BCUT2D eigenvalue weighted by Crippen LogP contribution is 2.27. The van der Waals surface area contributed by atoms with Crippen LogP contribution in [0.15, 0.2) is 52.3 Å². The van der Waals surface area contributed by atoms with E-state index in [0.717, 1.165) is 23.8 Å². The number of carboxylic acid groups (broad SMARTS) is 2. The van der Waals surface area contributed by atoms with Gasteiger partial charge in [0.1, 0.15) is 0 Å². The van der Waals surface area contributed by atoms with Gasteiger partial charge in [-0.2, -0.15) is 0 Å². The van der Waals surface area contributed by atoms with Crippen LogP contribution in [-0.4, -0.2) is 30.6 Å². The van der Waals surface area contributed by atoms with Crippen LogP contribution in [-0.2, 0) is 15.3 Å². The molecule has 0 atom stereocenters. The minimum atomic E-state index is -3.96. The SMILES string of the molecule is CC(C)(C)c1ccc(S(=O)(=O)c2ccc(C(=O)O)c(C(=O)O)c2)cc1. The summed E-state index contributed by atoms with van der Waals surface area (Å²) in [5.41, 5.74) is -0.213. The lowest BCUT2D eigenvalue weighted by Gasteiger charge is -2.19. The normalized spacial score (nSPS) is 12.0. The molecule has 0 heterocycles. The Labute approximate surface area is 145 Å². The quantitative estimate of drug-likeness (QED) is 0.864. The molecule has 0 aliphatic heterocycles. The van der Waals surface area contributed by atoms with Crippen molar-refractivity contribution in [2.45, 2.75) is 36.0 Å². The zero-order valence-electron chi connectivity index (χ0n) is 14.0. The van der Waals surface area contributed by atoms with E-state index in [1.807, 2.05) is 20.8 Å². The van der Waals surface area contributed by atoms with Gasteiger partial charge in [0.05, 0.1) is 20.9 Å². The monoisotopic (exact) mass is 362 g/mol. The molecule has 0 spiro atoms. The zero-order chi connectivity index (χ0) is 19.0. The summed E-state index contributed by atoms with van der Waals surface area (Å²) in [5.74, 6) is -2.94. The van der Waals surface area contributed by atoms with Crippen molar-refractivity contribution in [3.05, 3.63) is 59.2 Å². The molecule has 0 radical (unpaired) electrons. The Balaban J connectivity index is 2.55. The molecule has 0 fully saturated rings. The van der Waals surface area contributed by atoms with Crippen LogP contribution in [0.25, 0.3) is 0 Å². The van der Waals surface area contributed by atoms with E-state index in [1.54, 1.807) is 12.1 Å². The largest absolute Gasteiger partial charge is 0.478 e. The van der Waals surface area contributed by atoms with E-state index < -0.39 is 32.9 Å². The van der Waals surface area contributed by atoms with Crippen molar-refractivity contribution in [3.8, 4) is 0 Å². The summed E-state index contributed by atoms with van der Waals surface area (Å²) < 4.78 is 25.4. The van der Waals surface area contributed by atoms with Crippen LogP contribution >= 0.6 is 0 Å². The molecule has 25 heavy (non-hydrogen) atoms. The second-order valence-corrected chi connectivity index (χ2v) is 8.55. The smallest absolute Gasteiger partial charge is 0.336 e. The second kappa shape index (κ2) is 6.33. The van der Waals surface area contributed by atoms with Crippen LogP contribution in [0.4, 0.5) is 0 Å². The number of benzene rings is 2. The van der Waals surface area contributed by atoms with Gasteiger partial charge in [0, 0.05) is 0 Å². The molecule has 0 saturated heterocycles. The van der Waals surface area contributed by atoms with Crippen LogP contribution in [0.2, 0.25) is 0 Å². The third-order valence-electron chi connectivity index (χ3n) is 3.79. The summed E-state index contributed by atoms with van der Waals surface area (Å²) in [7, 11) is -3.96. The number of hydrogen-bond donors (Lipinski definition) is 2. The van der Waals surface area contributed by atoms with Crippen molar-refractivity contribution in [2.75, 3.05) is 0 Å². The van der Waals surface area contributed by atoms with Crippen molar-refractivity contribution in [2.24, 2.45) is 0 Å². The molecule has 7 heteroatoms. The Morgan fingerprint density at radius 1 is 0.800 bits per heavy atom. The molecule has 2 N–H and O–H groups in total. The third-order valence-corrected chi connectivity index (χ3v) is 5.56. The van der Waals surface area contributed by atoms with Gasteiger partial charge in [-0.25, -0.2) is 18.0 Å². The van der Waals surface area contributed by atoms with Gasteiger partial charge in [-0.1, -0.05) is 32.9 Å². The summed E-state index contributed by atoms with van der Waals surface area (Å²) >= 11 is 0. The predicted octanol–water partition coefficient (Wildman–Crippen LogP) is 3.21. The number of carboxylic acids is 2. The fourth-order valence-electron chi connectivity index (χ4n) is 2.32. The van der Waals surface area contributed by atoms with Crippen molar-refractivity contribution in [1.29, 1.82) is 0 Å². The first-order chi connectivity index (χ1) is 11.4. The Morgan fingerprint density at radius 2 is 1.28 bits per heavy atom. The first-order valence-electron chi connectivity index (χ1n) is 7.41. The Bertz CT molecular complexity index is 935. The van der Waals surface area contributed by atoms with E-state index in [9.17, 15) is 18.0 Å². The van der Waals surface area contributed by atoms with Gasteiger partial charge in [-0.05, 0) is 41.3 Å². The maximum Gasteiger partial charge on any atom is 0.336 e. The van der Waals surface area contributed by atoms with Crippen molar-refractivity contribution in [1.82, 2.24) is 0 Å².